The van der Waals surface area contributed by atoms with Gasteiger partial charge in [0.25, 0.3) is 0 Å². The van der Waals surface area contributed by atoms with Gasteiger partial charge in [-0.25, -0.2) is 4.98 Å². The Hall–Kier alpha value is -0.980. The van der Waals surface area contributed by atoms with Gasteiger partial charge in [0.15, 0.2) is 5.13 Å². The van der Waals surface area contributed by atoms with Crippen LogP contribution in [0.3, 0.4) is 0 Å². The summed E-state index contributed by atoms with van der Waals surface area (Å²) in [5, 5.41) is 0.746. The van der Waals surface area contributed by atoms with Gasteiger partial charge in [-0.2, -0.15) is 0 Å². The van der Waals surface area contributed by atoms with Gasteiger partial charge in [0, 0.05) is 23.5 Å². The summed E-state index contributed by atoms with van der Waals surface area (Å²) >= 11 is 4.94. The molecule has 1 fully saturated rings. The van der Waals surface area contributed by atoms with Crippen molar-refractivity contribution in [3.63, 3.8) is 0 Å². The van der Waals surface area contributed by atoms with Crippen LogP contribution in [0, 0.1) is 0 Å². The Morgan fingerprint density at radius 1 is 1.53 bits per heavy atom. The SMILES string of the molecule is NC1CC(=O)N(c2nc3cc(Br)ccc3s2)C1. The summed E-state index contributed by atoms with van der Waals surface area (Å²) in [6.45, 7) is 0.569. The fourth-order valence-electron chi connectivity index (χ4n) is 1.92. The van der Waals surface area contributed by atoms with E-state index in [1.807, 2.05) is 18.2 Å². The molecule has 1 atom stereocenters. The van der Waals surface area contributed by atoms with Crippen molar-refractivity contribution < 1.29 is 4.79 Å². The molecule has 1 saturated heterocycles. The predicted molar refractivity (Wildman–Crippen MR) is 72.3 cm³/mol. The quantitative estimate of drug-likeness (QED) is 0.877. The standard InChI is InChI=1S/C11H10BrN3OS/c12-6-1-2-9-8(3-6)14-11(17-9)15-5-7(13)4-10(15)16/h1-3,7H,4-5,13H2. The van der Waals surface area contributed by atoms with Gasteiger partial charge in [0.2, 0.25) is 5.91 Å². The van der Waals surface area contributed by atoms with Crippen molar-refractivity contribution in [2.45, 2.75) is 12.5 Å². The van der Waals surface area contributed by atoms with Gasteiger partial charge < -0.3 is 5.73 Å². The summed E-state index contributed by atoms with van der Waals surface area (Å²) < 4.78 is 2.07. The van der Waals surface area contributed by atoms with Gasteiger partial charge >= 0.3 is 0 Å². The molecule has 1 aliphatic rings. The van der Waals surface area contributed by atoms with Crippen LogP contribution < -0.4 is 10.6 Å². The monoisotopic (exact) mass is 311 g/mol. The number of nitrogens with two attached hydrogens (primary N) is 1. The van der Waals surface area contributed by atoms with E-state index in [0.29, 0.717) is 13.0 Å². The second-order valence-corrected chi connectivity index (χ2v) is 6.00. The normalized spacial score (nSPS) is 20.5. The van der Waals surface area contributed by atoms with E-state index in [-0.39, 0.29) is 11.9 Å². The molecule has 1 aromatic carbocycles. The summed E-state index contributed by atoms with van der Waals surface area (Å²) in [4.78, 5) is 17.9. The van der Waals surface area contributed by atoms with Gasteiger partial charge in [-0.05, 0) is 18.2 Å². The van der Waals surface area contributed by atoms with Crippen LogP contribution in [0.1, 0.15) is 6.42 Å². The second-order valence-electron chi connectivity index (χ2n) is 4.08. The van der Waals surface area contributed by atoms with Crippen molar-refractivity contribution in [2.24, 2.45) is 5.73 Å². The largest absolute Gasteiger partial charge is 0.326 e. The number of hydrogen-bond donors (Lipinski definition) is 1. The van der Waals surface area contributed by atoms with E-state index in [4.69, 9.17) is 5.73 Å². The molecule has 2 heterocycles. The molecule has 17 heavy (non-hydrogen) atoms. The molecule has 3 rings (SSSR count). The Morgan fingerprint density at radius 2 is 2.35 bits per heavy atom. The topological polar surface area (TPSA) is 59.2 Å². The highest BCUT2D eigenvalue weighted by Crippen LogP contribution is 2.32. The third-order valence-corrected chi connectivity index (χ3v) is 4.28. The molecule has 0 saturated carbocycles. The van der Waals surface area contributed by atoms with Crippen molar-refractivity contribution in [1.82, 2.24) is 4.98 Å². The first-order valence-electron chi connectivity index (χ1n) is 5.25. The third kappa shape index (κ3) is 1.96. The Kier molecular flexibility index (Phi) is 2.65. The Morgan fingerprint density at radius 3 is 3.06 bits per heavy atom. The number of benzene rings is 1. The predicted octanol–water partition coefficient (Wildman–Crippen LogP) is 2.12. The molecule has 0 radical (unpaired) electrons. The number of thiazole rings is 1. The third-order valence-electron chi connectivity index (χ3n) is 2.72. The van der Waals surface area contributed by atoms with E-state index in [1.54, 1.807) is 4.90 Å². The van der Waals surface area contributed by atoms with Gasteiger partial charge in [0.1, 0.15) is 0 Å². The van der Waals surface area contributed by atoms with Crippen LogP contribution in [0.25, 0.3) is 10.2 Å². The van der Waals surface area contributed by atoms with E-state index in [2.05, 4.69) is 20.9 Å². The van der Waals surface area contributed by atoms with E-state index < -0.39 is 0 Å². The van der Waals surface area contributed by atoms with Crippen LogP contribution in [-0.2, 0) is 4.79 Å². The molecule has 1 amide bonds. The minimum atomic E-state index is -0.0683. The van der Waals surface area contributed by atoms with E-state index in [0.717, 1.165) is 19.8 Å². The van der Waals surface area contributed by atoms with Crippen LogP contribution in [0.2, 0.25) is 0 Å². The highest BCUT2D eigenvalue weighted by atomic mass is 79.9. The maximum absolute atomic E-state index is 11.7. The molecule has 1 aliphatic heterocycles. The first kappa shape index (κ1) is 11.1. The van der Waals surface area contributed by atoms with Crippen molar-refractivity contribution >= 4 is 48.5 Å². The van der Waals surface area contributed by atoms with Crippen LogP contribution in [0.4, 0.5) is 5.13 Å². The summed E-state index contributed by atoms with van der Waals surface area (Å²) in [6.07, 6.45) is 0.416. The highest BCUT2D eigenvalue weighted by molar-refractivity contribution is 9.10. The van der Waals surface area contributed by atoms with E-state index in [9.17, 15) is 4.79 Å². The van der Waals surface area contributed by atoms with Gasteiger partial charge in [-0.1, -0.05) is 27.3 Å². The molecule has 0 spiro atoms. The first-order chi connectivity index (χ1) is 8.13. The number of aromatic nitrogens is 1. The Balaban J connectivity index is 2.03. The lowest BCUT2D eigenvalue weighted by Crippen LogP contribution is -2.27. The van der Waals surface area contributed by atoms with Crippen LogP contribution in [0.15, 0.2) is 22.7 Å². The molecule has 1 unspecified atom stereocenters. The van der Waals surface area contributed by atoms with Crippen molar-refractivity contribution in [1.29, 1.82) is 0 Å². The fourth-order valence-corrected chi connectivity index (χ4v) is 3.25. The summed E-state index contributed by atoms with van der Waals surface area (Å²) in [6, 6.07) is 5.86. The molecule has 0 aliphatic carbocycles. The number of nitrogens with zero attached hydrogens (tertiary/aromatic N) is 2. The average molecular weight is 312 g/mol. The van der Waals surface area contributed by atoms with Gasteiger partial charge in [-0.3, -0.25) is 9.69 Å². The first-order valence-corrected chi connectivity index (χ1v) is 6.86. The van der Waals surface area contributed by atoms with Crippen molar-refractivity contribution in [3.8, 4) is 0 Å². The lowest BCUT2D eigenvalue weighted by Gasteiger charge is -2.10. The van der Waals surface area contributed by atoms with Crippen LogP contribution >= 0.6 is 27.3 Å². The highest BCUT2D eigenvalue weighted by Gasteiger charge is 2.30. The molecule has 1 aromatic heterocycles. The summed E-state index contributed by atoms with van der Waals surface area (Å²) in [7, 11) is 0. The zero-order valence-corrected chi connectivity index (χ0v) is 11.3. The van der Waals surface area contributed by atoms with Crippen molar-refractivity contribution in [3.05, 3.63) is 22.7 Å². The minimum absolute atomic E-state index is 0.0654. The molecule has 2 N–H and O–H groups in total. The maximum atomic E-state index is 11.7. The number of halogens is 1. The summed E-state index contributed by atoms with van der Waals surface area (Å²) in [5.41, 5.74) is 6.69. The number of carbonyl (C=O) groups excluding carboxylic acids is 1. The average Bonchev–Trinajstić information content (AvgIpc) is 2.80. The van der Waals surface area contributed by atoms with Gasteiger partial charge in [-0.15, -0.1) is 0 Å². The van der Waals surface area contributed by atoms with Crippen molar-refractivity contribution in [2.75, 3.05) is 11.4 Å². The smallest absolute Gasteiger partial charge is 0.230 e. The maximum Gasteiger partial charge on any atom is 0.230 e. The zero-order valence-electron chi connectivity index (χ0n) is 8.89. The molecule has 2 aromatic rings. The number of amides is 1. The Labute approximate surface area is 111 Å². The number of fused-ring (bicyclic) bond motifs is 1. The second kappa shape index (κ2) is 4.04. The molecular formula is C11H10BrN3OS. The number of rotatable bonds is 1. The fraction of sp³-hybridized carbons (Fsp3) is 0.273. The number of carbonyl (C=O) groups is 1. The van der Waals surface area contributed by atoms with E-state index >= 15 is 0 Å². The molecule has 6 heteroatoms. The van der Waals surface area contributed by atoms with E-state index in [1.165, 1.54) is 11.3 Å². The molecule has 4 nitrogen and oxygen atoms in total. The lowest BCUT2D eigenvalue weighted by atomic mass is 10.3. The van der Waals surface area contributed by atoms with Crippen LogP contribution in [-0.4, -0.2) is 23.5 Å². The zero-order chi connectivity index (χ0) is 12.0. The summed E-state index contributed by atoms with van der Waals surface area (Å²) in [5.74, 6) is 0.0654. The number of hydrogen-bond acceptors (Lipinski definition) is 4. The molecule has 88 valence electrons. The number of anilines is 1. The Bertz CT molecular complexity index is 597. The van der Waals surface area contributed by atoms with Crippen LogP contribution in [0.5, 0.6) is 0 Å². The molecular weight excluding hydrogens is 302 g/mol. The molecule has 0 bridgehead atoms. The minimum Gasteiger partial charge on any atom is -0.326 e. The lowest BCUT2D eigenvalue weighted by molar-refractivity contribution is -0.117. The van der Waals surface area contributed by atoms with Gasteiger partial charge in [0.05, 0.1) is 10.2 Å².